The van der Waals surface area contributed by atoms with Crippen LogP contribution < -0.4 is 0 Å². The summed E-state index contributed by atoms with van der Waals surface area (Å²) in [6.07, 6.45) is 2.55. The van der Waals surface area contributed by atoms with Gasteiger partial charge < -0.3 is 9.64 Å². The third kappa shape index (κ3) is 3.33. The average Bonchev–Trinajstić information content (AvgIpc) is 2.80. The summed E-state index contributed by atoms with van der Waals surface area (Å²) in [6.45, 7) is 6.60. The fourth-order valence-electron chi connectivity index (χ4n) is 4.32. The lowest BCUT2D eigenvalue weighted by Gasteiger charge is -2.42. The van der Waals surface area contributed by atoms with E-state index in [1.807, 2.05) is 19.2 Å². The van der Waals surface area contributed by atoms with Gasteiger partial charge in [0.2, 0.25) is 0 Å². The number of methoxy groups -OCH3 is 1. The SMILES string of the molecule is COCC1CN(C)CC12CCN(Cc1ccccc1Cl)CC2. The molecule has 0 N–H and O–H groups in total. The maximum atomic E-state index is 6.30. The van der Waals surface area contributed by atoms with Gasteiger partial charge in [0.15, 0.2) is 0 Å². The van der Waals surface area contributed by atoms with E-state index < -0.39 is 0 Å². The predicted octanol–water partition coefficient (Wildman–Crippen LogP) is 3.13. The number of hydrogen-bond donors (Lipinski definition) is 0. The molecule has 0 saturated carbocycles. The highest BCUT2D eigenvalue weighted by molar-refractivity contribution is 6.31. The Hall–Kier alpha value is -0.610. The van der Waals surface area contributed by atoms with Gasteiger partial charge in [0.25, 0.3) is 0 Å². The molecule has 2 heterocycles. The first-order valence-electron chi connectivity index (χ1n) is 8.26. The topological polar surface area (TPSA) is 15.7 Å². The molecule has 0 amide bonds. The van der Waals surface area contributed by atoms with Crippen LogP contribution in [0.15, 0.2) is 24.3 Å². The molecule has 4 heteroatoms. The fourth-order valence-corrected chi connectivity index (χ4v) is 4.52. The van der Waals surface area contributed by atoms with Gasteiger partial charge >= 0.3 is 0 Å². The summed E-state index contributed by atoms with van der Waals surface area (Å²) in [4.78, 5) is 5.03. The van der Waals surface area contributed by atoms with Gasteiger partial charge in [0, 0.05) is 37.7 Å². The summed E-state index contributed by atoms with van der Waals surface area (Å²) < 4.78 is 5.48. The Labute approximate surface area is 139 Å². The van der Waals surface area contributed by atoms with Crippen molar-refractivity contribution in [3.63, 3.8) is 0 Å². The number of rotatable bonds is 4. The largest absolute Gasteiger partial charge is 0.384 e. The van der Waals surface area contributed by atoms with E-state index in [2.05, 4.69) is 29.0 Å². The molecule has 22 heavy (non-hydrogen) atoms. The Morgan fingerprint density at radius 3 is 2.68 bits per heavy atom. The van der Waals surface area contributed by atoms with Crippen LogP contribution >= 0.6 is 11.6 Å². The van der Waals surface area contributed by atoms with Gasteiger partial charge in [-0.05, 0) is 50.0 Å². The van der Waals surface area contributed by atoms with E-state index in [9.17, 15) is 0 Å². The van der Waals surface area contributed by atoms with Crippen molar-refractivity contribution in [2.45, 2.75) is 19.4 Å². The van der Waals surface area contributed by atoms with E-state index in [-0.39, 0.29) is 0 Å². The van der Waals surface area contributed by atoms with Crippen LogP contribution in [0.3, 0.4) is 0 Å². The predicted molar refractivity (Wildman–Crippen MR) is 91.3 cm³/mol. The van der Waals surface area contributed by atoms with Crippen molar-refractivity contribution >= 4 is 11.6 Å². The van der Waals surface area contributed by atoms with Gasteiger partial charge in [0.05, 0.1) is 6.61 Å². The third-order valence-corrected chi connectivity index (χ3v) is 5.92. The van der Waals surface area contributed by atoms with Crippen LogP contribution in [0.2, 0.25) is 5.02 Å². The Morgan fingerprint density at radius 1 is 1.27 bits per heavy atom. The molecule has 0 aliphatic carbocycles. The molecular weight excluding hydrogens is 296 g/mol. The van der Waals surface area contributed by atoms with Gasteiger partial charge in [-0.3, -0.25) is 4.90 Å². The molecule has 3 nitrogen and oxygen atoms in total. The average molecular weight is 323 g/mol. The smallest absolute Gasteiger partial charge is 0.0508 e. The van der Waals surface area contributed by atoms with E-state index in [0.29, 0.717) is 11.3 Å². The Morgan fingerprint density at radius 2 is 2.00 bits per heavy atom. The molecule has 1 atom stereocenters. The second-order valence-electron chi connectivity index (χ2n) is 7.08. The van der Waals surface area contributed by atoms with Crippen LogP contribution in [-0.2, 0) is 11.3 Å². The molecule has 1 aromatic carbocycles. The van der Waals surface area contributed by atoms with E-state index in [1.54, 1.807) is 0 Å². The summed E-state index contributed by atoms with van der Waals surface area (Å²) >= 11 is 6.30. The van der Waals surface area contributed by atoms with Crippen molar-refractivity contribution in [3.05, 3.63) is 34.9 Å². The van der Waals surface area contributed by atoms with Crippen LogP contribution in [0, 0.1) is 11.3 Å². The monoisotopic (exact) mass is 322 g/mol. The fraction of sp³-hybridized carbons (Fsp3) is 0.667. The third-order valence-electron chi connectivity index (χ3n) is 5.55. The quantitative estimate of drug-likeness (QED) is 0.847. The van der Waals surface area contributed by atoms with Gasteiger partial charge in [-0.1, -0.05) is 29.8 Å². The second-order valence-corrected chi connectivity index (χ2v) is 7.49. The van der Waals surface area contributed by atoms with E-state index in [4.69, 9.17) is 16.3 Å². The van der Waals surface area contributed by atoms with Gasteiger partial charge in [0.1, 0.15) is 0 Å². The Kier molecular flexibility index (Phi) is 5.08. The number of benzene rings is 1. The van der Waals surface area contributed by atoms with Crippen molar-refractivity contribution in [2.75, 3.05) is 46.9 Å². The van der Waals surface area contributed by atoms with Crippen LogP contribution in [0.5, 0.6) is 0 Å². The summed E-state index contributed by atoms with van der Waals surface area (Å²) in [5, 5.41) is 0.889. The molecule has 3 rings (SSSR count). The number of piperidine rings is 1. The normalized spacial score (nSPS) is 25.9. The maximum absolute atomic E-state index is 6.30. The molecule has 2 aliphatic rings. The molecule has 2 saturated heterocycles. The van der Waals surface area contributed by atoms with Crippen LogP contribution in [0.4, 0.5) is 0 Å². The minimum absolute atomic E-state index is 0.460. The minimum atomic E-state index is 0.460. The first-order valence-corrected chi connectivity index (χ1v) is 8.64. The zero-order valence-electron chi connectivity index (χ0n) is 13.7. The van der Waals surface area contributed by atoms with Gasteiger partial charge in [-0.15, -0.1) is 0 Å². The number of halogens is 1. The molecule has 0 bridgehead atoms. The Bertz CT molecular complexity index is 500. The first kappa shape index (κ1) is 16.3. The molecular formula is C18H27ClN2O. The van der Waals surface area contributed by atoms with Crippen molar-refractivity contribution < 1.29 is 4.74 Å². The molecule has 1 unspecified atom stereocenters. The van der Waals surface area contributed by atoms with Gasteiger partial charge in [-0.2, -0.15) is 0 Å². The highest BCUT2D eigenvalue weighted by Crippen LogP contribution is 2.44. The summed E-state index contributed by atoms with van der Waals surface area (Å²) in [6, 6.07) is 8.21. The van der Waals surface area contributed by atoms with E-state index in [0.717, 1.165) is 18.2 Å². The highest BCUT2D eigenvalue weighted by atomic mass is 35.5. The van der Waals surface area contributed by atoms with Crippen molar-refractivity contribution in [2.24, 2.45) is 11.3 Å². The van der Waals surface area contributed by atoms with Crippen LogP contribution in [0.25, 0.3) is 0 Å². The standard InChI is InChI=1S/C18H27ClN2O/c1-20-12-16(13-22-2)18(14-20)7-9-21(10-8-18)11-15-5-3-4-6-17(15)19/h3-6,16H,7-14H2,1-2H3. The molecule has 1 aromatic rings. The lowest BCUT2D eigenvalue weighted by atomic mass is 9.71. The van der Waals surface area contributed by atoms with E-state index >= 15 is 0 Å². The number of hydrogen-bond acceptors (Lipinski definition) is 3. The van der Waals surface area contributed by atoms with Crippen LogP contribution in [-0.4, -0.2) is 56.7 Å². The summed E-state index contributed by atoms with van der Waals surface area (Å²) in [5.41, 5.74) is 1.71. The minimum Gasteiger partial charge on any atom is -0.384 e. The van der Waals surface area contributed by atoms with Crippen LogP contribution in [0.1, 0.15) is 18.4 Å². The van der Waals surface area contributed by atoms with E-state index in [1.165, 1.54) is 44.6 Å². The number of likely N-dealkylation sites (tertiary alicyclic amines) is 2. The molecule has 1 spiro atoms. The zero-order valence-corrected chi connectivity index (χ0v) is 14.5. The zero-order chi connectivity index (χ0) is 15.6. The number of nitrogens with zero attached hydrogens (tertiary/aromatic N) is 2. The molecule has 0 radical (unpaired) electrons. The maximum Gasteiger partial charge on any atom is 0.0508 e. The van der Waals surface area contributed by atoms with Crippen molar-refractivity contribution in [1.82, 2.24) is 9.80 Å². The number of ether oxygens (including phenoxy) is 1. The van der Waals surface area contributed by atoms with Crippen molar-refractivity contribution in [3.8, 4) is 0 Å². The van der Waals surface area contributed by atoms with Crippen molar-refractivity contribution in [1.29, 1.82) is 0 Å². The summed E-state index contributed by atoms with van der Waals surface area (Å²) in [7, 11) is 4.08. The lowest BCUT2D eigenvalue weighted by Crippen LogP contribution is -2.44. The first-order chi connectivity index (χ1) is 10.6. The second kappa shape index (κ2) is 6.88. The molecule has 2 aliphatic heterocycles. The highest BCUT2D eigenvalue weighted by Gasteiger charge is 2.46. The molecule has 122 valence electrons. The summed E-state index contributed by atoms with van der Waals surface area (Å²) in [5.74, 6) is 0.685. The van der Waals surface area contributed by atoms with Gasteiger partial charge in [-0.25, -0.2) is 0 Å². The molecule has 2 fully saturated rings. The molecule has 0 aromatic heterocycles. The lowest BCUT2D eigenvalue weighted by molar-refractivity contribution is 0.0354. The Balaban J connectivity index is 1.61.